The molecule has 0 radical (unpaired) electrons. The summed E-state index contributed by atoms with van der Waals surface area (Å²) in [6.45, 7) is 10.4. The smallest absolute Gasteiger partial charge is 0.0976 e. The molecule has 1 aliphatic rings. The number of nitrogens with one attached hydrogen (secondary N) is 1. The van der Waals surface area contributed by atoms with E-state index in [9.17, 15) is 4.21 Å². The molecule has 102 valence electrons. The average molecular weight is 269 g/mol. The summed E-state index contributed by atoms with van der Waals surface area (Å²) in [5.41, 5.74) is 1.16. The van der Waals surface area contributed by atoms with Crippen LogP contribution in [0.1, 0.15) is 58.8 Å². The summed E-state index contributed by atoms with van der Waals surface area (Å²) in [5.74, 6) is 0.540. The van der Waals surface area contributed by atoms with E-state index in [1.165, 1.54) is 0 Å². The van der Waals surface area contributed by atoms with Crippen LogP contribution in [-0.2, 0) is 11.0 Å². The van der Waals surface area contributed by atoms with Crippen molar-refractivity contribution < 1.29 is 4.21 Å². The highest BCUT2D eigenvalue weighted by Gasteiger charge is 2.35. The van der Waals surface area contributed by atoms with Crippen LogP contribution in [0.2, 0.25) is 0 Å². The molecule has 2 heterocycles. The van der Waals surface area contributed by atoms with E-state index in [2.05, 4.69) is 28.4 Å². The van der Waals surface area contributed by atoms with Crippen LogP contribution < -0.4 is 4.72 Å². The first kappa shape index (κ1) is 13.7. The van der Waals surface area contributed by atoms with Gasteiger partial charge >= 0.3 is 0 Å². The van der Waals surface area contributed by atoms with Gasteiger partial charge in [-0.05, 0) is 39.2 Å². The molecule has 0 bridgehead atoms. The highest BCUT2D eigenvalue weighted by molar-refractivity contribution is 7.84. The summed E-state index contributed by atoms with van der Waals surface area (Å²) in [6.07, 6.45) is 2.81. The number of fused-ring (bicyclic) bond motifs is 1. The van der Waals surface area contributed by atoms with E-state index in [1.807, 2.05) is 33.0 Å². The van der Waals surface area contributed by atoms with Crippen molar-refractivity contribution in [2.45, 2.75) is 57.9 Å². The van der Waals surface area contributed by atoms with E-state index in [0.29, 0.717) is 12.0 Å². The van der Waals surface area contributed by atoms with Gasteiger partial charge in [-0.25, -0.2) is 8.93 Å². The lowest BCUT2D eigenvalue weighted by Gasteiger charge is -2.21. The van der Waals surface area contributed by atoms with Gasteiger partial charge in [0.25, 0.3) is 0 Å². The van der Waals surface area contributed by atoms with Gasteiger partial charge in [0.15, 0.2) is 0 Å². The second-order valence-corrected chi connectivity index (χ2v) is 8.30. The fourth-order valence-electron chi connectivity index (χ4n) is 2.31. The Morgan fingerprint density at radius 3 is 2.72 bits per heavy atom. The minimum absolute atomic E-state index is 0.153. The van der Waals surface area contributed by atoms with Gasteiger partial charge in [-0.3, -0.25) is 4.68 Å². The first-order valence-electron chi connectivity index (χ1n) is 6.52. The van der Waals surface area contributed by atoms with E-state index in [1.54, 1.807) is 0 Å². The standard InChI is InChI=1S/C13H23N3OS/c1-9(2)12-8-10(11-6-7-14-16(11)12)15-18(17)13(3,4)5/h6-7,9-10,12,15H,8H2,1-5H3/t10-,12-,18+/m0/s1. The largest absolute Gasteiger partial charge is 0.265 e. The Morgan fingerprint density at radius 1 is 1.50 bits per heavy atom. The molecule has 3 atom stereocenters. The zero-order valence-electron chi connectivity index (χ0n) is 11.8. The van der Waals surface area contributed by atoms with Crippen molar-refractivity contribution >= 4 is 11.0 Å². The molecule has 0 spiro atoms. The molecule has 0 saturated heterocycles. The Morgan fingerprint density at radius 2 is 2.17 bits per heavy atom. The van der Waals surface area contributed by atoms with Gasteiger partial charge in [-0.1, -0.05) is 13.8 Å². The van der Waals surface area contributed by atoms with Crippen molar-refractivity contribution in [1.29, 1.82) is 0 Å². The fourth-order valence-corrected chi connectivity index (χ4v) is 3.14. The van der Waals surface area contributed by atoms with Crippen LogP contribution in [0.4, 0.5) is 0 Å². The predicted molar refractivity (Wildman–Crippen MR) is 74.5 cm³/mol. The summed E-state index contributed by atoms with van der Waals surface area (Å²) in [5, 5.41) is 4.40. The second kappa shape index (κ2) is 4.78. The molecule has 5 heteroatoms. The number of nitrogens with zero attached hydrogens (tertiary/aromatic N) is 2. The molecular weight excluding hydrogens is 246 g/mol. The summed E-state index contributed by atoms with van der Waals surface area (Å²) in [4.78, 5) is 0. The minimum atomic E-state index is -1.04. The molecule has 0 saturated carbocycles. The Balaban J connectivity index is 2.16. The Hall–Kier alpha value is -0.680. The zero-order valence-corrected chi connectivity index (χ0v) is 12.6. The average Bonchev–Trinajstić information content (AvgIpc) is 2.79. The maximum absolute atomic E-state index is 12.2. The molecular formula is C13H23N3OS. The molecule has 1 aromatic rings. The second-order valence-electron chi connectivity index (χ2n) is 6.30. The van der Waals surface area contributed by atoms with Gasteiger partial charge in [0.2, 0.25) is 0 Å². The van der Waals surface area contributed by atoms with Crippen molar-refractivity contribution in [2.75, 3.05) is 0 Å². The summed E-state index contributed by atoms with van der Waals surface area (Å²) < 4.78 is 17.3. The van der Waals surface area contributed by atoms with Crippen molar-refractivity contribution in [3.8, 4) is 0 Å². The first-order chi connectivity index (χ1) is 8.30. The van der Waals surface area contributed by atoms with E-state index in [-0.39, 0.29) is 10.8 Å². The van der Waals surface area contributed by atoms with Gasteiger partial charge in [0, 0.05) is 6.20 Å². The van der Waals surface area contributed by atoms with Gasteiger partial charge in [0.1, 0.15) is 0 Å². The fraction of sp³-hybridized carbons (Fsp3) is 0.769. The van der Waals surface area contributed by atoms with Crippen LogP contribution in [0.5, 0.6) is 0 Å². The molecule has 0 aromatic carbocycles. The maximum Gasteiger partial charge on any atom is 0.0976 e. The molecule has 2 rings (SSSR count). The molecule has 0 aliphatic carbocycles. The number of rotatable bonds is 3. The zero-order chi connectivity index (χ0) is 13.5. The van der Waals surface area contributed by atoms with E-state index in [0.717, 1.165) is 12.1 Å². The van der Waals surface area contributed by atoms with Crippen LogP contribution >= 0.6 is 0 Å². The normalized spacial score (nSPS) is 25.4. The number of aromatic nitrogens is 2. The topological polar surface area (TPSA) is 46.9 Å². The van der Waals surface area contributed by atoms with Gasteiger partial charge in [0.05, 0.1) is 33.5 Å². The Labute approximate surface area is 112 Å². The monoisotopic (exact) mass is 269 g/mol. The summed E-state index contributed by atoms with van der Waals surface area (Å²) in [6, 6.07) is 2.59. The van der Waals surface area contributed by atoms with Gasteiger partial charge < -0.3 is 0 Å². The Kier molecular flexibility index (Phi) is 3.65. The third-order valence-electron chi connectivity index (χ3n) is 3.42. The molecule has 0 unspecified atom stereocenters. The van der Waals surface area contributed by atoms with Gasteiger partial charge in [-0.15, -0.1) is 0 Å². The maximum atomic E-state index is 12.2. The van der Waals surface area contributed by atoms with Crippen LogP contribution in [0.15, 0.2) is 12.3 Å². The third-order valence-corrected chi connectivity index (χ3v) is 5.04. The van der Waals surface area contributed by atoms with E-state index < -0.39 is 11.0 Å². The Bertz CT molecular complexity index is 447. The van der Waals surface area contributed by atoms with Crippen LogP contribution in [0.3, 0.4) is 0 Å². The van der Waals surface area contributed by atoms with Crippen molar-refractivity contribution in [2.24, 2.45) is 5.92 Å². The minimum Gasteiger partial charge on any atom is -0.265 e. The molecule has 0 fully saturated rings. The SMILES string of the molecule is CC(C)[C@@H]1C[C@H](N[S@](=O)C(C)(C)C)c2ccnn21. The first-order valence-corrected chi connectivity index (χ1v) is 7.67. The van der Waals surface area contributed by atoms with Crippen LogP contribution in [0, 0.1) is 5.92 Å². The molecule has 1 N–H and O–H groups in total. The van der Waals surface area contributed by atoms with E-state index in [4.69, 9.17) is 0 Å². The summed E-state index contributed by atoms with van der Waals surface area (Å²) in [7, 11) is -1.04. The lowest BCUT2D eigenvalue weighted by atomic mass is 10.0. The van der Waals surface area contributed by atoms with E-state index >= 15 is 0 Å². The lowest BCUT2D eigenvalue weighted by Crippen LogP contribution is -2.35. The highest BCUT2D eigenvalue weighted by Crippen LogP contribution is 2.38. The molecule has 18 heavy (non-hydrogen) atoms. The molecule has 4 nitrogen and oxygen atoms in total. The lowest BCUT2D eigenvalue weighted by molar-refractivity contribution is 0.353. The summed E-state index contributed by atoms with van der Waals surface area (Å²) >= 11 is 0. The molecule has 0 amide bonds. The van der Waals surface area contributed by atoms with Crippen molar-refractivity contribution in [3.05, 3.63) is 18.0 Å². The quantitative estimate of drug-likeness (QED) is 0.916. The number of hydrogen-bond acceptors (Lipinski definition) is 2. The van der Waals surface area contributed by atoms with Crippen molar-refractivity contribution in [1.82, 2.24) is 14.5 Å². The van der Waals surface area contributed by atoms with Crippen molar-refractivity contribution in [3.63, 3.8) is 0 Å². The van der Waals surface area contributed by atoms with Gasteiger partial charge in [-0.2, -0.15) is 5.10 Å². The molecule has 1 aromatic heterocycles. The van der Waals surface area contributed by atoms with Crippen LogP contribution in [0.25, 0.3) is 0 Å². The molecule has 1 aliphatic heterocycles. The third kappa shape index (κ3) is 2.52. The predicted octanol–water partition coefficient (Wildman–Crippen LogP) is 2.58. The highest BCUT2D eigenvalue weighted by atomic mass is 32.2. The van der Waals surface area contributed by atoms with Crippen LogP contribution in [-0.4, -0.2) is 18.7 Å². The number of hydrogen-bond donors (Lipinski definition) is 1.